The average molecular weight is 538 g/mol. The zero-order chi connectivity index (χ0) is 27.1. The van der Waals surface area contributed by atoms with Crippen molar-refractivity contribution in [2.24, 2.45) is 0 Å². The number of nitrogens with zero attached hydrogens (tertiary/aromatic N) is 2. The number of anilines is 1. The molecule has 37 heavy (non-hydrogen) atoms. The first-order valence-electron chi connectivity index (χ1n) is 11.2. The molecule has 10 heteroatoms. The van der Waals surface area contributed by atoms with Gasteiger partial charge in [-0.05, 0) is 81.6 Å². The van der Waals surface area contributed by atoms with E-state index in [1.165, 1.54) is 18.2 Å². The summed E-state index contributed by atoms with van der Waals surface area (Å²) in [6.07, 6.45) is 7.63. The van der Waals surface area contributed by atoms with E-state index in [2.05, 4.69) is 0 Å². The maximum Gasteiger partial charge on any atom is 0.199 e. The highest BCUT2D eigenvalue weighted by atomic mass is 32.2. The van der Waals surface area contributed by atoms with Crippen molar-refractivity contribution >= 4 is 48.0 Å². The van der Waals surface area contributed by atoms with Gasteiger partial charge in [0.15, 0.2) is 5.71 Å². The van der Waals surface area contributed by atoms with Gasteiger partial charge in [0.05, 0.1) is 9.79 Å². The van der Waals surface area contributed by atoms with E-state index in [4.69, 9.17) is 0 Å². The van der Waals surface area contributed by atoms with Gasteiger partial charge in [0, 0.05) is 31.9 Å². The SMILES string of the molecule is CN(C)c1ccc(C(=C2C=CC(=[N+](C)C)C=C2)c2cc(S(=O)(=O)[O-])cc3cc(S(=O)(=O)[O-])ccc23)cc1. The van der Waals surface area contributed by atoms with Gasteiger partial charge in [-0.25, -0.2) is 21.4 Å². The smallest absolute Gasteiger partial charge is 0.199 e. The minimum atomic E-state index is -4.90. The van der Waals surface area contributed by atoms with Gasteiger partial charge in [-0.3, -0.25) is 0 Å². The number of rotatable bonds is 5. The first kappa shape index (κ1) is 26.5. The molecule has 0 spiro atoms. The average Bonchev–Trinajstić information content (AvgIpc) is 2.83. The lowest BCUT2D eigenvalue weighted by atomic mass is 9.88. The molecule has 1 aliphatic carbocycles. The second-order valence-electron chi connectivity index (χ2n) is 9.02. The fourth-order valence-corrected chi connectivity index (χ4v) is 5.20. The molecule has 0 heterocycles. The van der Waals surface area contributed by atoms with Crippen molar-refractivity contribution in [1.82, 2.24) is 0 Å². The summed E-state index contributed by atoms with van der Waals surface area (Å²) in [4.78, 5) is 0.904. The van der Waals surface area contributed by atoms with Crippen LogP contribution in [-0.4, -0.2) is 64.4 Å². The Bertz CT molecular complexity index is 1720. The van der Waals surface area contributed by atoms with Gasteiger partial charge in [-0.15, -0.1) is 0 Å². The predicted molar refractivity (Wildman–Crippen MR) is 142 cm³/mol. The van der Waals surface area contributed by atoms with E-state index in [1.807, 2.05) is 86.2 Å². The molecule has 3 aromatic carbocycles. The van der Waals surface area contributed by atoms with Crippen LogP contribution in [0.5, 0.6) is 0 Å². The molecule has 0 saturated carbocycles. The van der Waals surface area contributed by atoms with Gasteiger partial charge in [0.25, 0.3) is 0 Å². The van der Waals surface area contributed by atoms with Gasteiger partial charge in [0.2, 0.25) is 0 Å². The molecular weight excluding hydrogens is 512 g/mol. The van der Waals surface area contributed by atoms with Gasteiger partial charge in [0.1, 0.15) is 34.3 Å². The van der Waals surface area contributed by atoms with Gasteiger partial charge >= 0.3 is 0 Å². The second-order valence-corrected chi connectivity index (χ2v) is 11.8. The Hall–Kier alpha value is -3.57. The number of allylic oxidation sites excluding steroid dienone is 5. The number of fused-ring (bicyclic) bond motifs is 1. The van der Waals surface area contributed by atoms with Crippen molar-refractivity contribution in [3.8, 4) is 0 Å². The highest BCUT2D eigenvalue weighted by Crippen LogP contribution is 2.37. The largest absolute Gasteiger partial charge is 0.744 e. The lowest BCUT2D eigenvalue weighted by Crippen LogP contribution is -2.10. The summed E-state index contributed by atoms with van der Waals surface area (Å²) in [7, 11) is -2.05. The van der Waals surface area contributed by atoms with Crippen LogP contribution in [0.25, 0.3) is 16.3 Å². The minimum absolute atomic E-state index is 0.149. The highest BCUT2D eigenvalue weighted by Gasteiger charge is 2.19. The van der Waals surface area contributed by atoms with E-state index in [0.717, 1.165) is 34.7 Å². The second kappa shape index (κ2) is 9.71. The summed E-state index contributed by atoms with van der Waals surface area (Å²) in [6, 6.07) is 13.8. The molecule has 8 nitrogen and oxygen atoms in total. The Morgan fingerprint density at radius 3 is 1.84 bits per heavy atom. The third-order valence-electron chi connectivity index (χ3n) is 6.09. The normalized spacial score (nSPS) is 13.8. The first-order valence-corrected chi connectivity index (χ1v) is 14.0. The number of hydrogen-bond donors (Lipinski definition) is 0. The monoisotopic (exact) mass is 537 g/mol. The van der Waals surface area contributed by atoms with Crippen molar-refractivity contribution < 1.29 is 30.5 Å². The van der Waals surface area contributed by atoms with Crippen LogP contribution >= 0.6 is 0 Å². The molecule has 0 saturated heterocycles. The van der Waals surface area contributed by atoms with Crippen molar-refractivity contribution in [2.45, 2.75) is 9.79 Å². The van der Waals surface area contributed by atoms with Crippen LogP contribution in [0.15, 0.2) is 94.3 Å². The van der Waals surface area contributed by atoms with Crippen LogP contribution in [0.1, 0.15) is 11.1 Å². The minimum Gasteiger partial charge on any atom is -0.744 e. The summed E-state index contributed by atoms with van der Waals surface area (Å²) in [5, 5.41) is 0.638. The summed E-state index contributed by atoms with van der Waals surface area (Å²) < 4.78 is 73.1. The molecule has 0 amide bonds. The summed E-state index contributed by atoms with van der Waals surface area (Å²) in [5.41, 5.74) is 4.48. The maximum atomic E-state index is 12.1. The van der Waals surface area contributed by atoms with E-state index >= 15 is 0 Å². The molecule has 1 aliphatic rings. The van der Waals surface area contributed by atoms with Crippen LogP contribution in [0, 0.1) is 0 Å². The topological polar surface area (TPSA) is 121 Å². The Labute approximate surface area is 216 Å². The van der Waals surface area contributed by atoms with Crippen molar-refractivity contribution in [3.63, 3.8) is 0 Å². The van der Waals surface area contributed by atoms with E-state index in [0.29, 0.717) is 16.5 Å². The molecule has 0 N–H and O–H groups in total. The molecule has 3 aromatic rings. The molecule has 0 atom stereocenters. The van der Waals surface area contributed by atoms with Crippen LogP contribution in [0.2, 0.25) is 0 Å². The molecule has 0 aromatic heterocycles. The maximum absolute atomic E-state index is 12.1. The van der Waals surface area contributed by atoms with Crippen LogP contribution in [-0.2, 0) is 20.2 Å². The van der Waals surface area contributed by atoms with E-state index in [-0.39, 0.29) is 5.39 Å². The first-order chi connectivity index (χ1) is 17.3. The van der Waals surface area contributed by atoms with E-state index < -0.39 is 30.0 Å². The van der Waals surface area contributed by atoms with Crippen LogP contribution in [0.3, 0.4) is 0 Å². The molecular formula is C27H25N2O6S2-. The van der Waals surface area contributed by atoms with Crippen molar-refractivity contribution in [2.75, 3.05) is 33.1 Å². The fraction of sp³-hybridized carbons (Fsp3) is 0.148. The molecule has 0 radical (unpaired) electrons. The molecule has 192 valence electrons. The summed E-state index contributed by atoms with van der Waals surface area (Å²) in [6.45, 7) is 0. The molecule has 0 aliphatic heterocycles. The van der Waals surface area contributed by atoms with Crippen LogP contribution in [0.4, 0.5) is 5.69 Å². The molecule has 0 fully saturated rings. The zero-order valence-corrected chi connectivity index (χ0v) is 22.3. The Kier molecular flexibility index (Phi) is 6.95. The number of hydrogen-bond acceptors (Lipinski definition) is 7. The summed E-state index contributed by atoms with van der Waals surface area (Å²) in [5.74, 6) is 0. The zero-order valence-electron chi connectivity index (χ0n) is 20.7. The van der Waals surface area contributed by atoms with Crippen LogP contribution < -0.4 is 4.90 Å². The molecule has 0 bridgehead atoms. The highest BCUT2D eigenvalue weighted by molar-refractivity contribution is 7.86. The van der Waals surface area contributed by atoms with Crippen molar-refractivity contribution in [3.05, 3.63) is 95.6 Å². The molecule has 4 rings (SSSR count). The Balaban J connectivity index is 2.11. The third-order valence-corrected chi connectivity index (χ3v) is 7.73. The predicted octanol–water partition coefficient (Wildman–Crippen LogP) is 3.36. The Morgan fingerprint density at radius 1 is 0.757 bits per heavy atom. The van der Waals surface area contributed by atoms with E-state index in [9.17, 15) is 25.9 Å². The fourth-order valence-electron chi connectivity index (χ4n) is 4.16. The van der Waals surface area contributed by atoms with Gasteiger partial charge in [-0.1, -0.05) is 18.2 Å². The summed E-state index contributed by atoms with van der Waals surface area (Å²) >= 11 is 0. The Morgan fingerprint density at radius 2 is 1.32 bits per heavy atom. The van der Waals surface area contributed by atoms with E-state index in [1.54, 1.807) is 0 Å². The molecule has 0 unspecified atom stereocenters. The van der Waals surface area contributed by atoms with Crippen molar-refractivity contribution in [1.29, 1.82) is 0 Å². The number of benzene rings is 3. The lowest BCUT2D eigenvalue weighted by Gasteiger charge is -2.20. The third kappa shape index (κ3) is 5.57. The standard InChI is InChI=1S/C27H26N2O6S2/c1-28(2)21-9-5-18(6-10-21)27(19-7-11-22(12-8-19)29(3)4)26-17-24(37(33,34)35)16-20-15-23(36(30,31)32)13-14-25(20)26/h5-17H,1-4H3,(H-,30,31,32,33,34,35)/p-1. The van der Waals surface area contributed by atoms with Gasteiger partial charge in [-0.2, -0.15) is 0 Å². The lowest BCUT2D eigenvalue weighted by molar-refractivity contribution is -0.462. The quantitative estimate of drug-likeness (QED) is 0.361. The van der Waals surface area contributed by atoms with Gasteiger partial charge < -0.3 is 14.0 Å².